The minimum atomic E-state index is 0.669. The highest BCUT2D eigenvalue weighted by Gasteiger charge is 2.19. The Bertz CT molecular complexity index is 390. The Kier molecular flexibility index (Phi) is 7.47. The van der Waals surface area contributed by atoms with E-state index in [1.54, 1.807) is 0 Å². The van der Waals surface area contributed by atoms with Crippen LogP contribution in [-0.4, -0.2) is 18.3 Å². The molecule has 0 saturated heterocycles. The molecular weight excluding hydrogens is 330 g/mol. The van der Waals surface area contributed by atoms with Crippen LogP contribution >= 0.6 is 27.7 Å². The Morgan fingerprint density at radius 2 is 2.15 bits per heavy atom. The number of rotatable bonds is 8. The molecule has 1 aliphatic carbocycles. The van der Waals surface area contributed by atoms with Crippen molar-refractivity contribution in [2.75, 3.05) is 12.3 Å². The molecule has 1 saturated carbocycles. The van der Waals surface area contributed by atoms with Gasteiger partial charge in [0.2, 0.25) is 0 Å². The Labute approximate surface area is 136 Å². The Morgan fingerprint density at radius 3 is 2.85 bits per heavy atom. The fourth-order valence-corrected chi connectivity index (χ4v) is 4.54. The standard InChI is InChI=1S/C17H26BrNS/c1-2-10-19-16(11-14-6-3-4-7-14)13-20-17-9-5-8-15(18)12-17/h5,8-9,12,14,16,19H,2-4,6-7,10-11,13H2,1H3. The largest absolute Gasteiger partial charge is 0.313 e. The summed E-state index contributed by atoms with van der Waals surface area (Å²) < 4.78 is 1.18. The van der Waals surface area contributed by atoms with Crippen molar-refractivity contribution >= 4 is 27.7 Å². The van der Waals surface area contributed by atoms with Gasteiger partial charge in [-0.2, -0.15) is 0 Å². The van der Waals surface area contributed by atoms with E-state index in [1.807, 2.05) is 11.8 Å². The number of hydrogen-bond acceptors (Lipinski definition) is 2. The molecule has 0 bridgehead atoms. The van der Waals surface area contributed by atoms with Crippen LogP contribution in [-0.2, 0) is 0 Å². The van der Waals surface area contributed by atoms with Crippen molar-refractivity contribution in [3.05, 3.63) is 28.7 Å². The molecule has 0 amide bonds. The van der Waals surface area contributed by atoms with E-state index in [2.05, 4.69) is 52.4 Å². The van der Waals surface area contributed by atoms with E-state index in [1.165, 1.54) is 53.6 Å². The molecule has 1 aromatic carbocycles. The number of nitrogens with one attached hydrogen (secondary N) is 1. The zero-order valence-corrected chi connectivity index (χ0v) is 14.8. The highest BCUT2D eigenvalue weighted by molar-refractivity contribution is 9.10. The third kappa shape index (κ3) is 5.79. The van der Waals surface area contributed by atoms with Crippen molar-refractivity contribution in [2.24, 2.45) is 5.92 Å². The van der Waals surface area contributed by atoms with E-state index in [0.717, 1.165) is 12.5 Å². The summed E-state index contributed by atoms with van der Waals surface area (Å²) in [5, 5.41) is 3.75. The maximum atomic E-state index is 3.75. The quantitative estimate of drug-likeness (QED) is 0.618. The molecule has 0 radical (unpaired) electrons. The summed E-state index contributed by atoms with van der Waals surface area (Å²) in [6.45, 7) is 3.40. The Balaban J connectivity index is 1.82. The molecule has 20 heavy (non-hydrogen) atoms. The second-order valence-electron chi connectivity index (χ2n) is 5.81. The van der Waals surface area contributed by atoms with Crippen LogP contribution < -0.4 is 5.32 Å². The first-order chi connectivity index (χ1) is 9.78. The van der Waals surface area contributed by atoms with Crippen LogP contribution in [0.5, 0.6) is 0 Å². The third-order valence-corrected chi connectivity index (χ3v) is 5.67. The maximum Gasteiger partial charge on any atom is 0.0186 e. The summed E-state index contributed by atoms with van der Waals surface area (Å²) in [5.41, 5.74) is 0. The fraction of sp³-hybridized carbons (Fsp3) is 0.647. The van der Waals surface area contributed by atoms with Gasteiger partial charge >= 0.3 is 0 Å². The monoisotopic (exact) mass is 355 g/mol. The van der Waals surface area contributed by atoms with E-state index >= 15 is 0 Å². The summed E-state index contributed by atoms with van der Waals surface area (Å²) in [6.07, 6.45) is 8.38. The van der Waals surface area contributed by atoms with Gasteiger partial charge in [0.25, 0.3) is 0 Å². The van der Waals surface area contributed by atoms with E-state index in [9.17, 15) is 0 Å². The predicted octanol–water partition coefficient (Wildman–Crippen LogP) is 5.49. The zero-order chi connectivity index (χ0) is 14.2. The summed E-state index contributed by atoms with van der Waals surface area (Å²) in [6, 6.07) is 9.31. The molecule has 112 valence electrons. The van der Waals surface area contributed by atoms with Crippen molar-refractivity contribution in [3.63, 3.8) is 0 Å². The molecule has 0 aliphatic heterocycles. The van der Waals surface area contributed by atoms with Gasteiger partial charge < -0.3 is 5.32 Å². The lowest BCUT2D eigenvalue weighted by Gasteiger charge is -2.21. The lowest BCUT2D eigenvalue weighted by molar-refractivity contribution is 0.410. The molecule has 1 atom stereocenters. The van der Waals surface area contributed by atoms with Crippen molar-refractivity contribution < 1.29 is 0 Å². The zero-order valence-electron chi connectivity index (χ0n) is 12.4. The molecule has 1 nitrogen and oxygen atoms in total. The van der Waals surface area contributed by atoms with Gasteiger partial charge in [0, 0.05) is 21.2 Å². The van der Waals surface area contributed by atoms with Gasteiger partial charge in [0.1, 0.15) is 0 Å². The average Bonchev–Trinajstić information content (AvgIpc) is 2.95. The Morgan fingerprint density at radius 1 is 1.35 bits per heavy atom. The minimum Gasteiger partial charge on any atom is -0.313 e. The molecule has 1 unspecified atom stereocenters. The van der Waals surface area contributed by atoms with Gasteiger partial charge in [0.15, 0.2) is 0 Å². The molecule has 2 rings (SSSR count). The predicted molar refractivity (Wildman–Crippen MR) is 93.5 cm³/mol. The topological polar surface area (TPSA) is 12.0 Å². The molecule has 0 aromatic heterocycles. The highest BCUT2D eigenvalue weighted by atomic mass is 79.9. The van der Waals surface area contributed by atoms with Gasteiger partial charge in [-0.1, -0.05) is 54.6 Å². The van der Waals surface area contributed by atoms with Crippen molar-refractivity contribution in [1.82, 2.24) is 5.32 Å². The van der Waals surface area contributed by atoms with Gasteiger partial charge in [0.05, 0.1) is 0 Å². The number of benzene rings is 1. The Hall–Kier alpha value is 0.01000. The lowest BCUT2D eigenvalue weighted by atomic mass is 9.99. The average molecular weight is 356 g/mol. The smallest absolute Gasteiger partial charge is 0.0186 e. The third-order valence-electron chi connectivity index (χ3n) is 4.02. The normalized spacial score (nSPS) is 17.5. The van der Waals surface area contributed by atoms with Gasteiger partial charge in [-0.15, -0.1) is 11.8 Å². The first kappa shape index (κ1) is 16.4. The van der Waals surface area contributed by atoms with E-state index in [0.29, 0.717) is 6.04 Å². The number of hydrogen-bond donors (Lipinski definition) is 1. The summed E-state index contributed by atoms with van der Waals surface area (Å²) in [7, 11) is 0. The van der Waals surface area contributed by atoms with E-state index < -0.39 is 0 Å². The molecule has 0 spiro atoms. The molecule has 1 fully saturated rings. The maximum absolute atomic E-state index is 3.75. The van der Waals surface area contributed by atoms with E-state index in [4.69, 9.17) is 0 Å². The van der Waals surface area contributed by atoms with Gasteiger partial charge in [-0.05, 0) is 43.5 Å². The van der Waals surface area contributed by atoms with Crippen molar-refractivity contribution in [3.8, 4) is 0 Å². The van der Waals surface area contributed by atoms with Crippen LogP contribution in [0.2, 0.25) is 0 Å². The second kappa shape index (κ2) is 9.11. The van der Waals surface area contributed by atoms with Crippen molar-refractivity contribution in [2.45, 2.75) is 56.4 Å². The fourth-order valence-electron chi connectivity index (χ4n) is 2.96. The first-order valence-electron chi connectivity index (χ1n) is 7.89. The molecule has 1 N–H and O–H groups in total. The van der Waals surface area contributed by atoms with Crippen molar-refractivity contribution in [1.29, 1.82) is 0 Å². The van der Waals surface area contributed by atoms with Gasteiger partial charge in [-0.25, -0.2) is 0 Å². The molecule has 3 heteroatoms. The molecule has 1 aromatic rings. The number of halogens is 1. The summed E-state index contributed by atoms with van der Waals surface area (Å²) >= 11 is 5.54. The van der Waals surface area contributed by atoms with Gasteiger partial charge in [-0.3, -0.25) is 0 Å². The molecule has 1 aliphatic rings. The minimum absolute atomic E-state index is 0.669. The lowest BCUT2D eigenvalue weighted by Crippen LogP contribution is -2.33. The first-order valence-corrected chi connectivity index (χ1v) is 9.67. The van der Waals surface area contributed by atoms with Crippen LogP contribution in [0.4, 0.5) is 0 Å². The second-order valence-corrected chi connectivity index (χ2v) is 7.81. The van der Waals surface area contributed by atoms with Crippen LogP contribution in [0.3, 0.4) is 0 Å². The number of thioether (sulfide) groups is 1. The van der Waals surface area contributed by atoms with Crippen LogP contribution in [0, 0.1) is 5.92 Å². The molecule has 0 heterocycles. The summed E-state index contributed by atoms with van der Waals surface area (Å²) in [5.74, 6) is 2.15. The SMILES string of the molecule is CCCNC(CSc1cccc(Br)c1)CC1CCCC1. The van der Waals surface area contributed by atoms with E-state index in [-0.39, 0.29) is 0 Å². The van der Waals surface area contributed by atoms with Crippen LogP contribution in [0.15, 0.2) is 33.6 Å². The highest BCUT2D eigenvalue weighted by Crippen LogP contribution is 2.30. The summed E-state index contributed by atoms with van der Waals surface area (Å²) in [4.78, 5) is 1.37. The van der Waals surface area contributed by atoms with Crippen LogP contribution in [0.1, 0.15) is 45.4 Å². The van der Waals surface area contributed by atoms with Crippen LogP contribution in [0.25, 0.3) is 0 Å². The molecular formula is C17H26BrNS.